The Morgan fingerprint density at radius 2 is 0.836 bits per heavy atom. The Bertz CT molecular complexity index is 1940. The topological polar surface area (TPSA) is 132 Å². The molecule has 1 heterocycles. The monoisotopic (exact) mass is 832 g/mol. The molecule has 2 N–H and O–H groups in total. The van der Waals surface area contributed by atoms with E-state index in [1.807, 2.05) is 152 Å². The van der Waals surface area contributed by atoms with Crippen molar-refractivity contribution in [3.63, 3.8) is 0 Å². The normalized spacial score (nSPS) is 18.5. The predicted octanol–water partition coefficient (Wildman–Crippen LogP) is 8.13. The highest BCUT2D eigenvalue weighted by Crippen LogP contribution is 2.31. The number of ether oxygens (including phenoxy) is 8. The molecule has 322 valence electrons. The van der Waals surface area contributed by atoms with Crippen molar-refractivity contribution in [3.05, 3.63) is 179 Å². The van der Waals surface area contributed by atoms with E-state index in [-0.39, 0.29) is 39.6 Å². The highest BCUT2D eigenvalue weighted by molar-refractivity contribution is 5.67. The molecule has 0 saturated carbocycles. The van der Waals surface area contributed by atoms with Gasteiger partial charge >= 0.3 is 12.2 Å². The molecule has 0 bridgehead atoms. The van der Waals surface area contributed by atoms with E-state index in [2.05, 4.69) is 10.6 Å². The largest absolute Gasteiger partial charge is 0.445 e. The molecule has 2 amide bonds. The molecule has 5 atom stereocenters. The molecule has 12 heteroatoms. The molecular weight excluding hydrogens is 777 g/mol. The Kier molecular flexibility index (Phi) is 19.1. The van der Waals surface area contributed by atoms with Gasteiger partial charge in [0, 0.05) is 19.7 Å². The first-order chi connectivity index (χ1) is 30.1. The minimum Gasteiger partial charge on any atom is -0.445 e. The molecule has 12 nitrogen and oxygen atoms in total. The zero-order chi connectivity index (χ0) is 42.2. The summed E-state index contributed by atoms with van der Waals surface area (Å²) in [5.41, 5.74) is 4.78. The van der Waals surface area contributed by atoms with Crippen molar-refractivity contribution in [2.45, 2.75) is 76.6 Å². The standard InChI is InChI=1S/C49H56N2O10/c52-48(59-35-41-24-12-4-13-25-41)50-28-16-30-55-45-44(57-33-39-20-8-2-9-21-39)43(37-54-32-38-18-6-1-7-19-38)61-47(46(45)58-34-40-22-10-3-11-23-40)56-31-17-29-51-49(53)60-36-42-26-14-5-15-27-42/h1-15,18-27,43-47H,16-17,28-37H2,(H,50,52)(H,51,53)/t43-,44-,45+,46+,47+/m1/s1. The van der Waals surface area contributed by atoms with E-state index in [0.29, 0.717) is 39.1 Å². The molecule has 6 rings (SSSR count). The van der Waals surface area contributed by atoms with E-state index in [4.69, 9.17) is 37.9 Å². The molecule has 5 aromatic carbocycles. The van der Waals surface area contributed by atoms with Crippen molar-refractivity contribution in [1.29, 1.82) is 0 Å². The van der Waals surface area contributed by atoms with Crippen molar-refractivity contribution < 1.29 is 47.5 Å². The molecule has 0 aromatic heterocycles. The van der Waals surface area contributed by atoms with Crippen LogP contribution in [0, 0.1) is 0 Å². The van der Waals surface area contributed by atoms with Gasteiger partial charge in [-0.25, -0.2) is 9.59 Å². The molecule has 1 saturated heterocycles. The maximum absolute atomic E-state index is 12.5. The highest BCUT2D eigenvalue weighted by atomic mass is 16.7. The van der Waals surface area contributed by atoms with Gasteiger partial charge in [0.25, 0.3) is 0 Å². The minimum atomic E-state index is -0.883. The summed E-state index contributed by atoms with van der Waals surface area (Å²) in [5, 5.41) is 5.62. The second-order valence-electron chi connectivity index (χ2n) is 14.5. The summed E-state index contributed by atoms with van der Waals surface area (Å²) >= 11 is 0. The van der Waals surface area contributed by atoms with Crippen LogP contribution in [0.25, 0.3) is 0 Å². The number of nitrogens with one attached hydrogen (secondary N) is 2. The average Bonchev–Trinajstić information content (AvgIpc) is 3.31. The van der Waals surface area contributed by atoms with Gasteiger partial charge in [0.05, 0.1) is 33.0 Å². The van der Waals surface area contributed by atoms with E-state index in [9.17, 15) is 9.59 Å². The third-order valence-corrected chi connectivity index (χ3v) is 9.75. The number of hydrogen-bond acceptors (Lipinski definition) is 10. The van der Waals surface area contributed by atoms with Crippen LogP contribution in [0.5, 0.6) is 0 Å². The number of rotatable bonds is 24. The third kappa shape index (κ3) is 16.1. The summed E-state index contributed by atoms with van der Waals surface area (Å²) < 4.78 is 50.3. The minimum absolute atomic E-state index is 0.176. The summed E-state index contributed by atoms with van der Waals surface area (Å²) in [6.45, 7) is 2.61. The lowest BCUT2D eigenvalue weighted by Gasteiger charge is -2.46. The number of benzene rings is 5. The second kappa shape index (κ2) is 25.9. The first kappa shape index (κ1) is 44.9. The fourth-order valence-corrected chi connectivity index (χ4v) is 6.61. The molecule has 1 fully saturated rings. The van der Waals surface area contributed by atoms with Crippen LogP contribution in [-0.2, 0) is 70.9 Å². The first-order valence-corrected chi connectivity index (χ1v) is 20.8. The summed E-state index contributed by atoms with van der Waals surface area (Å²) in [4.78, 5) is 24.9. The lowest BCUT2D eigenvalue weighted by molar-refractivity contribution is -0.327. The smallest absolute Gasteiger partial charge is 0.407 e. The molecule has 0 aliphatic carbocycles. The van der Waals surface area contributed by atoms with Crippen molar-refractivity contribution >= 4 is 12.2 Å². The summed E-state index contributed by atoms with van der Waals surface area (Å²) in [6.07, 6.45) is -3.60. The van der Waals surface area contributed by atoms with Crippen molar-refractivity contribution in [1.82, 2.24) is 10.6 Å². The van der Waals surface area contributed by atoms with E-state index in [1.165, 1.54) is 0 Å². The fourth-order valence-electron chi connectivity index (χ4n) is 6.61. The van der Waals surface area contributed by atoms with Crippen LogP contribution in [0.1, 0.15) is 40.7 Å². The Morgan fingerprint density at radius 1 is 0.443 bits per heavy atom. The molecule has 61 heavy (non-hydrogen) atoms. The van der Waals surface area contributed by atoms with Gasteiger partial charge in [-0.2, -0.15) is 0 Å². The van der Waals surface area contributed by atoms with Gasteiger partial charge in [0.15, 0.2) is 6.29 Å². The Balaban J connectivity index is 1.14. The Morgan fingerprint density at radius 3 is 1.30 bits per heavy atom. The van der Waals surface area contributed by atoms with Crippen LogP contribution in [0.4, 0.5) is 9.59 Å². The molecule has 5 aromatic rings. The van der Waals surface area contributed by atoms with E-state index >= 15 is 0 Å². The lowest BCUT2D eigenvalue weighted by Crippen LogP contribution is -2.62. The first-order valence-electron chi connectivity index (χ1n) is 20.8. The van der Waals surface area contributed by atoms with Crippen LogP contribution >= 0.6 is 0 Å². The van der Waals surface area contributed by atoms with Crippen molar-refractivity contribution in [2.75, 3.05) is 32.9 Å². The van der Waals surface area contributed by atoms with Crippen LogP contribution < -0.4 is 10.6 Å². The summed E-state index contributed by atoms with van der Waals surface area (Å²) in [7, 11) is 0. The number of carbonyl (C=O) groups is 2. The van der Waals surface area contributed by atoms with Gasteiger partial charge < -0.3 is 48.5 Å². The van der Waals surface area contributed by atoms with E-state index < -0.39 is 42.9 Å². The van der Waals surface area contributed by atoms with Crippen LogP contribution in [0.15, 0.2) is 152 Å². The Hall–Kier alpha value is -5.60. The lowest BCUT2D eigenvalue weighted by atomic mass is 9.97. The van der Waals surface area contributed by atoms with Gasteiger partial charge in [0.1, 0.15) is 37.6 Å². The SMILES string of the molecule is O=C(NCCCO[C@H]1O[C@H](COCc2ccccc2)[C@@H](OCc2ccccc2)[C@H](OCCCNC(=O)OCc2ccccc2)[C@@H]1OCc1ccccc1)OCc1ccccc1. The maximum Gasteiger partial charge on any atom is 0.407 e. The zero-order valence-electron chi connectivity index (χ0n) is 34.4. The highest BCUT2D eigenvalue weighted by Gasteiger charge is 2.49. The molecule has 1 aliphatic rings. The molecule has 0 spiro atoms. The van der Waals surface area contributed by atoms with Gasteiger partial charge in [-0.3, -0.25) is 0 Å². The number of hydrogen-bond donors (Lipinski definition) is 2. The van der Waals surface area contributed by atoms with Gasteiger partial charge in [-0.1, -0.05) is 152 Å². The Labute approximate surface area is 358 Å². The molecular formula is C49H56N2O10. The van der Waals surface area contributed by atoms with Crippen LogP contribution in [0.2, 0.25) is 0 Å². The number of carbonyl (C=O) groups excluding carboxylic acids is 2. The summed E-state index contributed by atoms with van der Waals surface area (Å²) in [5.74, 6) is 0. The quantitative estimate of drug-likeness (QED) is 0.0588. The molecule has 0 radical (unpaired) electrons. The van der Waals surface area contributed by atoms with E-state index in [0.717, 1.165) is 27.8 Å². The predicted molar refractivity (Wildman–Crippen MR) is 229 cm³/mol. The second-order valence-corrected chi connectivity index (χ2v) is 14.5. The van der Waals surface area contributed by atoms with Gasteiger partial charge in [-0.15, -0.1) is 0 Å². The molecule has 1 aliphatic heterocycles. The van der Waals surface area contributed by atoms with E-state index in [1.54, 1.807) is 0 Å². The van der Waals surface area contributed by atoms with Gasteiger partial charge in [-0.05, 0) is 40.7 Å². The van der Waals surface area contributed by atoms with Crippen LogP contribution in [0.3, 0.4) is 0 Å². The number of amides is 2. The van der Waals surface area contributed by atoms with Crippen molar-refractivity contribution in [2.24, 2.45) is 0 Å². The zero-order valence-corrected chi connectivity index (χ0v) is 34.4. The number of alkyl carbamates (subject to hydrolysis) is 2. The van der Waals surface area contributed by atoms with Gasteiger partial charge in [0.2, 0.25) is 0 Å². The maximum atomic E-state index is 12.5. The average molecular weight is 833 g/mol. The van der Waals surface area contributed by atoms with Crippen LogP contribution in [-0.4, -0.2) is 75.8 Å². The summed E-state index contributed by atoms with van der Waals surface area (Å²) in [6, 6.07) is 48.7. The third-order valence-electron chi connectivity index (χ3n) is 9.75. The van der Waals surface area contributed by atoms with Crippen molar-refractivity contribution in [3.8, 4) is 0 Å². The fraction of sp³-hybridized carbons (Fsp3) is 0.347. The molecule has 0 unspecified atom stereocenters.